The molecule has 0 fully saturated rings. The molecule has 1 N–H and O–H groups in total. The molecule has 4 aromatic heterocycles. The average molecular weight is 365 g/mol. The molecule has 0 aromatic carbocycles. The molecule has 1 amide bonds. The molecule has 0 aliphatic carbocycles. The molecule has 0 bridgehead atoms. The van der Waals surface area contributed by atoms with Crippen LogP contribution in [0.1, 0.15) is 29.1 Å². The third kappa shape index (κ3) is 3.43. The third-order valence-corrected chi connectivity index (χ3v) is 4.45. The summed E-state index contributed by atoms with van der Waals surface area (Å²) in [6.45, 7) is 4.32. The topological polar surface area (TPSA) is 103 Å². The first-order chi connectivity index (χ1) is 13.1. The maximum absolute atomic E-state index is 12.1. The summed E-state index contributed by atoms with van der Waals surface area (Å²) in [5.74, 6) is 1.39. The monoisotopic (exact) mass is 365 g/mol. The zero-order valence-corrected chi connectivity index (χ0v) is 15.1. The predicted octanol–water partition coefficient (Wildman–Crippen LogP) is 1.77. The number of amides is 1. The van der Waals surface area contributed by atoms with E-state index in [1.807, 2.05) is 32.0 Å². The van der Waals surface area contributed by atoms with Crippen molar-refractivity contribution in [3.05, 3.63) is 59.6 Å². The van der Waals surface area contributed by atoms with Gasteiger partial charge in [-0.2, -0.15) is 9.61 Å². The normalized spacial score (nSPS) is 11.2. The molecule has 9 nitrogen and oxygen atoms in total. The minimum atomic E-state index is -0.0259. The summed E-state index contributed by atoms with van der Waals surface area (Å²) in [6, 6.07) is 7.32. The number of hydrogen-bond donors (Lipinski definition) is 1. The van der Waals surface area contributed by atoms with Gasteiger partial charge in [-0.25, -0.2) is 4.68 Å². The van der Waals surface area contributed by atoms with Crippen molar-refractivity contribution >= 4 is 11.6 Å². The van der Waals surface area contributed by atoms with Crippen LogP contribution in [0.25, 0.3) is 11.5 Å². The highest BCUT2D eigenvalue weighted by atomic mass is 16.3. The number of carbonyl (C=O) groups is 1. The Kier molecular flexibility index (Phi) is 4.41. The predicted molar refractivity (Wildman–Crippen MR) is 96.3 cm³/mol. The Morgan fingerprint density at radius 3 is 2.93 bits per heavy atom. The van der Waals surface area contributed by atoms with Gasteiger partial charge in [0.15, 0.2) is 11.5 Å². The molecule has 0 aliphatic heterocycles. The standard InChI is InChI=1S/C18H19N7O2/c1-12-15(5-8-18(26)19-10-14-4-3-9-27-14)13(2)25(22-12)17-7-6-16-21-20-11-24(16)23-17/h3-4,6-7,9,11H,5,8,10H2,1-2H3,(H,19,26). The first-order valence-corrected chi connectivity index (χ1v) is 8.63. The van der Waals surface area contributed by atoms with Crippen LogP contribution in [0.5, 0.6) is 0 Å². The van der Waals surface area contributed by atoms with Gasteiger partial charge in [0.1, 0.15) is 12.1 Å². The lowest BCUT2D eigenvalue weighted by Crippen LogP contribution is -2.22. The molecule has 0 unspecified atom stereocenters. The quantitative estimate of drug-likeness (QED) is 0.558. The summed E-state index contributed by atoms with van der Waals surface area (Å²) in [6.07, 6.45) is 4.13. The van der Waals surface area contributed by atoms with E-state index in [-0.39, 0.29) is 5.91 Å². The van der Waals surface area contributed by atoms with E-state index >= 15 is 0 Å². The highest BCUT2D eigenvalue weighted by Gasteiger charge is 2.15. The fraction of sp³-hybridized carbons (Fsp3) is 0.278. The molecule has 0 radical (unpaired) electrons. The van der Waals surface area contributed by atoms with Crippen LogP contribution < -0.4 is 5.32 Å². The van der Waals surface area contributed by atoms with E-state index in [9.17, 15) is 4.79 Å². The number of hydrogen-bond acceptors (Lipinski definition) is 6. The lowest BCUT2D eigenvalue weighted by molar-refractivity contribution is -0.121. The highest BCUT2D eigenvalue weighted by Crippen LogP contribution is 2.18. The first kappa shape index (κ1) is 17.0. The van der Waals surface area contributed by atoms with Crippen molar-refractivity contribution in [2.45, 2.75) is 33.2 Å². The van der Waals surface area contributed by atoms with E-state index in [4.69, 9.17) is 4.42 Å². The molecule has 9 heteroatoms. The molecule has 138 valence electrons. The number of nitrogens with zero attached hydrogens (tertiary/aromatic N) is 6. The minimum absolute atomic E-state index is 0.0259. The summed E-state index contributed by atoms with van der Waals surface area (Å²) in [5.41, 5.74) is 3.57. The van der Waals surface area contributed by atoms with Crippen LogP contribution in [0.15, 0.2) is 41.3 Å². The largest absolute Gasteiger partial charge is 0.467 e. The number of nitrogens with one attached hydrogen (secondary N) is 1. The Morgan fingerprint density at radius 1 is 1.22 bits per heavy atom. The number of aromatic nitrogens is 6. The summed E-state index contributed by atoms with van der Waals surface area (Å²) < 4.78 is 8.60. The van der Waals surface area contributed by atoms with Crippen molar-refractivity contribution in [3.8, 4) is 5.82 Å². The van der Waals surface area contributed by atoms with Crippen LogP contribution in [0, 0.1) is 13.8 Å². The van der Waals surface area contributed by atoms with Gasteiger partial charge in [-0.3, -0.25) is 4.79 Å². The molecule has 0 saturated heterocycles. The smallest absolute Gasteiger partial charge is 0.220 e. The van der Waals surface area contributed by atoms with Gasteiger partial charge in [-0.05, 0) is 50.1 Å². The Hall–Kier alpha value is -3.49. The lowest BCUT2D eigenvalue weighted by atomic mass is 10.1. The Morgan fingerprint density at radius 2 is 2.11 bits per heavy atom. The van der Waals surface area contributed by atoms with E-state index in [0.29, 0.717) is 30.9 Å². The summed E-state index contributed by atoms with van der Waals surface area (Å²) in [5, 5.41) is 19.7. The Labute approximate surface area is 155 Å². The third-order valence-electron chi connectivity index (χ3n) is 4.45. The number of carbonyl (C=O) groups excluding carboxylic acids is 1. The molecule has 0 saturated carbocycles. The number of aryl methyl sites for hydroxylation is 1. The van der Waals surface area contributed by atoms with Crippen molar-refractivity contribution in [3.63, 3.8) is 0 Å². The Balaban J connectivity index is 1.46. The van der Waals surface area contributed by atoms with Gasteiger partial charge in [0.2, 0.25) is 5.91 Å². The van der Waals surface area contributed by atoms with E-state index in [1.54, 1.807) is 27.9 Å². The number of furan rings is 1. The van der Waals surface area contributed by atoms with Crippen molar-refractivity contribution in [1.82, 2.24) is 34.9 Å². The molecule has 27 heavy (non-hydrogen) atoms. The van der Waals surface area contributed by atoms with Crippen molar-refractivity contribution in [2.24, 2.45) is 0 Å². The molecule has 0 atom stereocenters. The molecule has 4 heterocycles. The summed E-state index contributed by atoms with van der Waals surface area (Å²) in [4.78, 5) is 12.1. The summed E-state index contributed by atoms with van der Waals surface area (Å²) in [7, 11) is 0. The van der Waals surface area contributed by atoms with Crippen molar-refractivity contribution in [2.75, 3.05) is 0 Å². The zero-order chi connectivity index (χ0) is 18.8. The second-order valence-corrected chi connectivity index (χ2v) is 6.24. The van der Waals surface area contributed by atoms with Gasteiger partial charge < -0.3 is 9.73 Å². The molecular formula is C18H19N7O2. The fourth-order valence-corrected chi connectivity index (χ4v) is 3.02. The molecular weight excluding hydrogens is 346 g/mol. The molecule has 4 aromatic rings. The van der Waals surface area contributed by atoms with Gasteiger partial charge in [0.05, 0.1) is 18.5 Å². The van der Waals surface area contributed by atoms with Crippen LogP contribution in [0.3, 0.4) is 0 Å². The second-order valence-electron chi connectivity index (χ2n) is 6.24. The molecule has 0 spiro atoms. The van der Waals surface area contributed by atoms with Crippen LogP contribution in [-0.4, -0.2) is 35.5 Å². The summed E-state index contributed by atoms with van der Waals surface area (Å²) >= 11 is 0. The molecule has 0 aliphatic rings. The van der Waals surface area contributed by atoms with Gasteiger partial charge in [0, 0.05) is 12.1 Å². The van der Waals surface area contributed by atoms with Gasteiger partial charge in [-0.1, -0.05) is 0 Å². The first-order valence-electron chi connectivity index (χ1n) is 8.63. The van der Waals surface area contributed by atoms with Crippen LogP contribution in [-0.2, 0) is 17.8 Å². The van der Waals surface area contributed by atoms with Gasteiger partial charge >= 0.3 is 0 Å². The zero-order valence-electron chi connectivity index (χ0n) is 15.1. The molecule has 4 rings (SSSR count). The fourth-order valence-electron chi connectivity index (χ4n) is 3.02. The van der Waals surface area contributed by atoms with E-state index < -0.39 is 0 Å². The van der Waals surface area contributed by atoms with E-state index in [0.717, 1.165) is 22.7 Å². The minimum Gasteiger partial charge on any atom is -0.467 e. The van der Waals surface area contributed by atoms with Crippen LogP contribution >= 0.6 is 0 Å². The van der Waals surface area contributed by atoms with E-state index in [2.05, 4.69) is 25.7 Å². The lowest BCUT2D eigenvalue weighted by Gasteiger charge is -2.06. The van der Waals surface area contributed by atoms with Crippen LogP contribution in [0.2, 0.25) is 0 Å². The van der Waals surface area contributed by atoms with Crippen molar-refractivity contribution in [1.29, 1.82) is 0 Å². The second kappa shape index (κ2) is 7.02. The van der Waals surface area contributed by atoms with Gasteiger partial charge in [0.25, 0.3) is 0 Å². The SMILES string of the molecule is Cc1nn(-c2ccc3nncn3n2)c(C)c1CCC(=O)NCc1ccco1. The van der Waals surface area contributed by atoms with E-state index in [1.165, 1.54) is 0 Å². The maximum Gasteiger partial charge on any atom is 0.220 e. The van der Waals surface area contributed by atoms with Crippen molar-refractivity contribution < 1.29 is 9.21 Å². The van der Waals surface area contributed by atoms with Gasteiger partial charge in [-0.15, -0.1) is 15.3 Å². The maximum atomic E-state index is 12.1. The number of rotatable bonds is 6. The number of fused-ring (bicyclic) bond motifs is 1. The van der Waals surface area contributed by atoms with Crippen LogP contribution in [0.4, 0.5) is 0 Å². The highest BCUT2D eigenvalue weighted by molar-refractivity contribution is 5.76. The average Bonchev–Trinajstić information content (AvgIpc) is 3.39. The Bertz CT molecular complexity index is 1080.